The lowest BCUT2D eigenvalue weighted by Crippen LogP contribution is -2.39. The number of aliphatic carboxylic acids is 1. The summed E-state index contributed by atoms with van der Waals surface area (Å²) in [6.45, 7) is 13.2. The number of pyridine rings is 1. The normalized spacial score (nSPS) is 11.3. The first-order valence-corrected chi connectivity index (χ1v) is 20.3. The summed E-state index contributed by atoms with van der Waals surface area (Å²) in [5.41, 5.74) is 3.66. The maximum absolute atomic E-state index is 12.8. The second-order valence-electron chi connectivity index (χ2n) is 13.2. The van der Waals surface area contributed by atoms with E-state index in [0.717, 1.165) is 58.5 Å². The second kappa shape index (κ2) is 28.3. The van der Waals surface area contributed by atoms with Gasteiger partial charge in [0.15, 0.2) is 0 Å². The summed E-state index contributed by atoms with van der Waals surface area (Å²) in [5, 5.41) is 20.2. The molecule has 3 aromatic carbocycles. The number of unbranched alkanes of at least 4 members (excludes halogenated alkanes) is 1. The van der Waals surface area contributed by atoms with Gasteiger partial charge in [-0.25, -0.2) is 4.98 Å². The first kappa shape index (κ1) is 47.3. The fourth-order valence-electron chi connectivity index (χ4n) is 5.86. The number of carboxylic acid groups (broad SMARTS) is 1. The molecule has 0 bridgehead atoms. The van der Waals surface area contributed by atoms with Crippen LogP contribution in [0.1, 0.15) is 70.0 Å². The first-order chi connectivity index (χ1) is 28.3. The van der Waals surface area contributed by atoms with Crippen molar-refractivity contribution in [3.8, 4) is 16.9 Å². The first-order valence-electron chi connectivity index (χ1n) is 20.3. The fraction of sp³-hybridized carbons (Fsp3) is 0.467. The molecule has 0 aliphatic rings. The number of aryl methyl sites for hydroxylation is 1. The molecule has 1 aromatic heterocycles. The van der Waals surface area contributed by atoms with Crippen molar-refractivity contribution in [2.75, 3.05) is 77.9 Å². The molecule has 1 heterocycles. The third kappa shape index (κ3) is 18.0. The summed E-state index contributed by atoms with van der Waals surface area (Å²) in [6.07, 6.45) is 4.12. The predicted octanol–water partition coefficient (Wildman–Crippen LogP) is 7.12. The number of nitrogens with zero attached hydrogens (tertiary/aromatic N) is 1. The van der Waals surface area contributed by atoms with Gasteiger partial charge in [-0.2, -0.15) is 0 Å². The van der Waals surface area contributed by atoms with E-state index >= 15 is 0 Å². The van der Waals surface area contributed by atoms with Crippen LogP contribution in [0.4, 0.5) is 5.82 Å². The molecule has 0 saturated heterocycles. The highest BCUT2D eigenvalue weighted by molar-refractivity contribution is 6.00. The highest BCUT2D eigenvalue weighted by Gasteiger charge is 2.19. The Morgan fingerprint density at radius 1 is 0.741 bits per heavy atom. The lowest BCUT2D eigenvalue weighted by molar-refractivity contribution is -0.138. The van der Waals surface area contributed by atoms with E-state index in [2.05, 4.69) is 27.9 Å². The van der Waals surface area contributed by atoms with E-state index < -0.39 is 17.9 Å². The van der Waals surface area contributed by atoms with Gasteiger partial charge in [0.25, 0.3) is 0 Å². The number of carbonyl (C=O) groups is 3. The summed E-state index contributed by atoms with van der Waals surface area (Å²) in [4.78, 5) is 41.1. The van der Waals surface area contributed by atoms with Gasteiger partial charge in [0.2, 0.25) is 11.8 Å². The number of anilines is 1. The van der Waals surface area contributed by atoms with Crippen LogP contribution in [0.15, 0.2) is 79.0 Å². The molecule has 0 spiro atoms. The molecular weight excluding hydrogens is 741 g/mol. The minimum atomic E-state index is -1.05. The summed E-state index contributed by atoms with van der Waals surface area (Å²) < 4.78 is 28.2. The average Bonchev–Trinajstić information content (AvgIpc) is 3.23. The van der Waals surface area contributed by atoms with Gasteiger partial charge < -0.3 is 44.7 Å². The maximum atomic E-state index is 12.8. The van der Waals surface area contributed by atoms with E-state index in [1.807, 2.05) is 93.6 Å². The standard InChI is InChI=1S/C43H56N4O9.C2H6/c1-3-20-52-21-22-53-23-24-54-25-26-55-27-28-56-39-16-15-35(36-8-4-5-9-37(36)39)33-11-13-34(14-12-33)38(30-43(50)51)47-42(49)31-46-41(48)10-6-7-18-44-40-29-32(2)17-19-45-40;1-2/h4-5,8-9,11-17,19,29,38H,3,6-7,10,18,20-28,30-31H2,1-2H3,(H,44,45)(H,46,48)(H,47,49)(H,50,51);1-2H3. The van der Waals surface area contributed by atoms with Gasteiger partial charge >= 0.3 is 5.97 Å². The summed E-state index contributed by atoms with van der Waals surface area (Å²) in [5.74, 6) is -0.226. The van der Waals surface area contributed by atoms with Crippen LogP contribution in [0.3, 0.4) is 0 Å². The van der Waals surface area contributed by atoms with Gasteiger partial charge in [0.1, 0.15) is 18.2 Å². The zero-order valence-corrected chi connectivity index (χ0v) is 34.6. The highest BCUT2D eigenvalue weighted by atomic mass is 16.6. The van der Waals surface area contributed by atoms with Crippen LogP contribution in [0.25, 0.3) is 21.9 Å². The summed E-state index contributed by atoms with van der Waals surface area (Å²) >= 11 is 0. The molecule has 13 nitrogen and oxygen atoms in total. The Morgan fingerprint density at radius 2 is 1.38 bits per heavy atom. The van der Waals surface area contributed by atoms with Gasteiger partial charge in [-0.3, -0.25) is 14.4 Å². The van der Waals surface area contributed by atoms with Crippen molar-refractivity contribution < 1.29 is 43.2 Å². The largest absolute Gasteiger partial charge is 0.491 e. The van der Waals surface area contributed by atoms with E-state index in [0.29, 0.717) is 71.4 Å². The molecule has 4 rings (SSSR count). The van der Waals surface area contributed by atoms with Crippen LogP contribution in [0.2, 0.25) is 0 Å². The lowest BCUT2D eigenvalue weighted by atomic mass is 9.95. The number of aromatic nitrogens is 1. The Kier molecular flexibility index (Phi) is 23.1. The highest BCUT2D eigenvalue weighted by Crippen LogP contribution is 2.35. The van der Waals surface area contributed by atoms with Crippen LogP contribution in [-0.4, -0.2) is 100 Å². The van der Waals surface area contributed by atoms with Crippen molar-refractivity contribution in [3.63, 3.8) is 0 Å². The van der Waals surface area contributed by atoms with Gasteiger partial charge in [-0.1, -0.05) is 75.4 Å². The number of carboxylic acids is 1. The van der Waals surface area contributed by atoms with Gasteiger partial charge in [0.05, 0.1) is 65.3 Å². The Bertz CT molecular complexity index is 1790. The zero-order valence-electron chi connectivity index (χ0n) is 34.6. The number of hydrogen-bond acceptors (Lipinski definition) is 10. The number of fused-ring (bicyclic) bond motifs is 1. The molecule has 1 unspecified atom stereocenters. The van der Waals surface area contributed by atoms with Crippen LogP contribution in [0, 0.1) is 6.92 Å². The molecule has 4 N–H and O–H groups in total. The smallest absolute Gasteiger partial charge is 0.305 e. The minimum Gasteiger partial charge on any atom is -0.491 e. The van der Waals surface area contributed by atoms with Gasteiger partial charge in [-0.05, 0) is 72.0 Å². The number of amides is 2. The third-order valence-corrected chi connectivity index (χ3v) is 8.67. The molecular formula is C45H62N4O9. The number of benzene rings is 3. The van der Waals surface area contributed by atoms with E-state index in [1.54, 1.807) is 6.20 Å². The van der Waals surface area contributed by atoms with Crippen molar-refractivity contribution in [2.24, 2.45) is 0 Å². The maximum Gasteiger partial charge on any atom is 0.305 e. The van der Waals surface area contributed by atoms with Gasteiger partial charge in [-0.15, -0.1) is 0 Å². The molecule has 316 valence electrons. The molecule has 0 aliphatic heterocycles. The molecule has 2 amide bonds. The fourth-order valence-corrected chi connectivity index (χ4v) is 5.86. The Labute approximate surface area is 343 Å². The molecule has 58 heavy (non-hydrogen) atoms. The second-order valence-corrected chi connectivity index (χ2v) is 13.2. The summed E-state index contributed by atoms with van der Waals surface area (Å²) in [7, 11) is 0. The van der Waals surface area contributed by atoms with E-state index in [1.165, 1.54) is 0 Å². The SMILES string of the molecule is CC.CCCOCCOCCOCCOCCOc1ccc(-c2ccc(C(CC(=O)O)NC(=O)CNC(=O)CCCCNc3cc(C)ccn3)cc2)c2ccccc12. The van der Waals surface area contributed by atoms with Crippen molar-refractivity contribution in [2.45, 2.75) is 65.8 Å². The monoisotopic (exact) mass is 802 g/mol. The number of rotatable bonds is 28. The summed E-state index contributed by atoms with van der Waals surface area (Å²) in [6, 6.07) is 22.5. The quantitative estimate of drug-likeness (QED) is 0.0432. The predicted molar refractivity (Wildman–Crippen MR) is 227 cm³/mol. The molecule has 0 radical (unpaired) electrons. The average molecular weight is 803 g/mol. The Balaban J connectivity index is 0.00000443. The van der Waals surface area contributed by atoms with Crippen molar-refractivity contribution in [1.82, 2.24) is 15.6 Å². The van der Waals surface area contributed by atoms with Crippen molar-refractivity contribution in [3.05, 3.63) is 90.1 Å². The third-order valence-electron chi connectivity index (χ3n) is 8.67. The van der Waals surface area contributed by atoms with Crippen molar-refractivity contribution >= 4 is 34.4 Å². The zero-order chi connectivity index (χ0) is 41.8. The van der Waals surface area contributed by atoms with Crippen LogP contribution >= 0.6 is 0 Å². The molecule has 0 fully saturated rings. The van der Waals surface area contributed by atoms with Crippen LogP contribution in [0.5, 0.6) is 5.75 Å². The number of carbonyl (C=O) groups excluding carboxylic acids is 2. The number of ether oxygens (including phenoxy) is 5. The van der Waals surface area contributed by atoms with Gasteiger partial charge in [0, 0.05) is 31.2 Å². The van der Waals surface area contributed by atoms with E-state index in [4.69, 9.17) is 23.7 Å². The molecule has 1 atom stereocenters. The molecule has 4 aromatic rings. The topological polar surface area (TPSA) is 167 Å². The Morgan fingerprint density at radius 3 is 2.02 bits per heavy atom. The Hall–Kier alpha value is -5.08. The van der Waals surface area contributed by atoms with Crippen LogP contribution in [-0.2, 0) is 33.3 Å². The van der Waals surface area contributed by atoms with E-state index in [9.17, 15) is 19.5 Å². The molecule has 13 heteroatoms. The lowest BCUT2D eigenvalue weighted by Gasteiger charge is -2.19. The number of nitrogens with one attached hydrogen (secondary N) is 3. The molecule has 0 saturated carbocycles. The van der Waals surface area contributed by atoms with E-state index in [-0.39, 0.29) is 25.3 Å². The molecule has 0 aliphatic carbocycles. The van der Waals surface area contributed by atoms with Crippen molar-refractivity contribution in [1.29, 1.82) is 0 Å². The van der Waals surface area contributed by atoms with Crippen LogP contribution < -0.4 is 20.7 Å². The minimum absolute atomic E-state index is 0.243. The number of hydrogen-bond donors (Lipinski definition) is 4.